The number of amides is 1. The van der Waals surface area contributed by atoms with Crippen LogP contribution in [0.2, 0.25) is 0 Å². The number of hydrogen-bond donors (Lipinski definition) is 2. The second-order valence-electron chi connectivity index (χ2n) is 3.94. The average Bonchev–Trinajstić information content (AvgIpc) is 2.46. The molecule has 0 atom stereocenters. The lowest BCUT2D eigenvalue weighted by Crippen LogP contribution is -2.28. The molecule has 2 aromatic rings. The highest BCUT2D eigenvalue weighted by atomic mass is 32.2. The van der Waals surface area contributed by atoms with Gasteiger partial charge in [0.15, 0.2) is 0 Å². The molecule has 0 aliphatic carbocycles. The maximum Gasteiger partial charge on any atom is 0.260 e. The third kappa shape index (κ3) is 3.48. The van der Waals surface area contributed by atoms with E-state index in [-0.39, 0.29) is 17.0 Å². The number of carbonyl (C=O) groups excluding carboxylic acids is 1. The van der Waals surface area contributed by atoms with Gasteiger partial charge in [0.2, 0.25) is 0 Å². The summed E-state index contributed by atoms with van der Waals surface area (Å²) < 4.78 is 0. The van der Waals surface area contributed by atoms with Gasteiger partial charge in [-0.05, 0) is 36.1 Å². The zero-order valence-corrected chi connectivity index (χ0v) is 11.3. The molecule has 98 valence electrons. The summed E-state index contributed by atoms with van der Waals surface area (Å²) >= 11 is 1.67. The quantitative estimate of drug-likeness (QED) is 0.839. The number of pyridine rings is 1. The fourth-order valence-corrected chi connectivity index (χ4v) is 2.03. The summed E-state index contributed by atoms with van der Waals surface area (Å²) in [6.07, 6.45) is 3.51. The monoisotopic (exact) mass is 274 g/mol. The van der Waals surface area contributed by atoms with Crippen molar-refractivity contribution in [3.05, 3.63) is 64.1 Å². The van der Waals surface area contributed by atoms with Gasteiger partial charge in [0.25, 0.3) is 11.5 Å². The van der Waals surface area contributed by atoms with Gasteiger partial charge in [-0.15, -0.1) is 11.8 Å². The Balaban J connectivity index is 2.00. The largest absolute Gasteiger partial charge is 0.348 e. The third-order valence-electron chi connectivity index (χ3n) is 2.67. The number of aromatic nitrogens is 1. The van der Waals surface area contributed by atoms with Crippen LogP contribution in [0.15, 0.2) is 52.3 Å². The van der Waals surface area contributed by atoms with Crippen LogP contribution in [0, 0.1) is 0 Å². The first-order chi connectivity index (χ1) is 9.20. The second kappa shape index (κ2) is 6.24. The predicted octanol–water partition coefficient (Wildman–Crippen LogP) is 2.03. The molecule has 0 spiro atoms. The van der Waals surface area contributed by atoms with Crippen molar-refractivity contribution in [1.82, 2.24) is 10.3 Å². The van der Waals surface area contributed by atoms with E-state index in [1.807, 2.05) is 30.5 Å². The van der Waals surface area contributed by atoms with Crippen LogP contribution < -0.4 is 10.9 Å². The summed E-state index contributed by atoms with van der Waals surface area (Å²) in [5.74, 6) is -0.365. The highest BCUT2D eigenvalue weighted by Gasteiger charge is 2.08. The lowest BCUT2D eigenvalue weighted by Gasteiger charge is -2.05. The van der Waals surface area contributed by atoms with E-state index in [4.69, 9.17) is 0 Å². The smallest absolute Gasteiger partial charge is 0.260 e. The van der Waals surface area contributed by atoms with Crippen molar-refractivity contribution in [2.24, 2.45) is 0 Å². The molecule has 0 saturated carbocycles. The summed E-state index contributed by atoms with van der Waals surface area (Å²) in [5.41, 5.74) is 0.750. The van der Waals surface area contributed by atoms with Crippen molar-refractivity contribution < 1.29 is 4.79 Å². The molecule has 0 bridgehead atoms. The standard InChI is InChI=1S/C14H14N2O2S/c1-19-11-6-4-10(5-7-11)9-16-14(18)12-3-2-8-15-13(12)17/h2-8H,9H2,1H3,(H,15,17)(H,16,18). The number of thioether (sulfide) groups is 1. The molecule has 1 heterocycles. The number of nitrogens with one attached hydrogen (secondary N) is 2. The van der Waals surface area contributed by atoms with E-state index in [9.17, 15) is 9.59 Å². The van der Waals surface area contributed by atoms with Crippen molar-refractivity contribution in [2.45, 2.75) is 11.4 Å². The topological polar surface area (TPSA) is 62.0 Å². The van der Waals surface area contributed by atoms with Gasteiger partial charge in [0.1, 0.15) is 5.56 Å². The summed E-state index contributed by atoms with van der Waals surface area (Å²) in [7, 11) is 0. The van der Waals surface area contributed by atoms with Gasteiger partial charge in [-0.1, -0.05) is 12.1 Å². The first kappa shape index (κ1) is 13.4. The van der Waals surface area contributed by atoms with Crippen LogP contribution in [-0.2, 0) is 6.54 Å². The van der Waals surface area contributed by atoms with Crippen LogP contribution in [0.3, 0.4) is 0 Å². The Morgan fingerprint density at radius 3 is 2.63 bits per heavy atom. The number of H-pyrrole nitrogens is 1. The van der Waals surface area contributed by atoms with Crippen molar-refractivity contribution in [1.29, 1.82) is 0 Å². The van der Waals surface area contributed by atoms with Gasteiger partial charge >= 0.3 is 0 Å². The first-order valence-electron chi connectivity index (χ1n) is 5.79. The van der Waals surface area contributed by atoms with Crippen molar-refractivity contribution in [2.75, 3.05) is 6.26 Å². The summed E-state index contributed by atoms with van der Waals surface area (Å²) in [5, 5.41) is 2.73. The minimum atomic E-state index is -0.377. The molecule has 5 heteroatoms. The number of carbonyl (C=O) groups is 1. The van der Waals surface area contributed by atoms with Crippen LogP contribution in [0.5, 0.6) is 0 Å². The molecule has 1 aromatic carbocycles. The van der Waals surface area contributed by atoms with Crippen LogP contribution in [0.4, 0.5) is 0 Å². The molecule has 2 rings (SSSR count). The summed E-state index contributed by atoms with van der Waals surface area (Å²) in [4.78, 5) is 26.9. The van der Waals surface area contributed by atoms with E-state index in [0.29, 0.717) is 6.54 Å². The molecular weight excluding hydrogens is 260 g/mol. The van der Waals surface area contributed by atoms with Gasteiger partial charge in [-0.25, -0.2) is 0 Å². The molecule has 2 N–H and O–H groups in total. The van der Waals surface area contributed by atoms with Crippen LogP contribution in [-0.4, -0.2) is 17.1 Å². The Labute approximate surface area is 115 Å². The third-order valence-corrected chi connectivity index (χ3v) is 3.42. The Bertz CT molecular complexity index is 620. The SMILES string of the molecule is CSc1ccc(CNC(=O)c2ccc[nH]c2=O)cc1. The molecule has 0 aliphatic rings. The van der Waals surface area contributed by atoms with E-state index in [1.165, 1.54) is 17.2 Å². The van der Waals surface area contributed by atoms with Crippen molar-refractivity contribution >= 4 is 17.7 Å². The van der Waals surface area contributed by atoms with Crippen LogP contribution >= 0.6 is 11.8 Å². The van der Waals surface area contributed by atoms with E-state index >= 15 is 0 Å². The molecule has 0 fully saturated rings. The zero-order valence-electron chi connectivity index (χ0n) is 10.5. The lowest BCUT2D eigenvalue weighted by molar-refractivity contribution is 0.0949. The van der Waals surface area contributed by atoms with E-state index in [1.54, 1.807) is 17.8 Å². The van der Waals surface area contributed by atoms with Gasteiger partial charge in [-0.2, -0.15) is 0 Å². The number of benzene rings is 1. The molecule has 0 saturated heterocycles. The number of hydrogen-bond acceptors (Lipinski definition) is 3. The summed E-state index contributed by atoms with van der Waals surface area (Å²) in [6, 6.07) is 11.1. The average molecular weight is 274 g/mol. The zero-order chi connectivity index (χ0) is 13.7. The van der Waals surface area contributed by atoms with E-state index in [0.717, 1.165) is 5.56 Å². The minimum Gasteiger partial charge on any atom is -0.348 e. The van der Waals surface area contributed by atoms with Crippen molar-refractivity contribution in [3.63, 3.8) is 0 Å². The normalized spacial score (nSPS) is 10.2. The van der Waals surface area contributed by atoms with Gasteiger partial charge in [0.05, 0.1) is 0 Å². The van der Waals surface area contributed by atoms with E-state index < -0.39 is 0 Å². The van der Waals surface area contributed by atoms with Gasteiger partial charge in [0, 0.05) is 17.6 Å². The molecule has 0 unspecified atom stereocenters. The highest BCUT2D eigenvalue weighted by molar-refractivity contribution is 7.98. The maximum absolute atomic E-state index is 11.8. The Morgan fingerprint density at radius 2 is 2.00 bits per heavy atom. The Hall–Kier alpha value is -2.01. The van der Waals surface area contributed by atoms with Crippen LogP contribution in [0.1, 0.15) is 15.9 Å². The fourth-order valence-electron chi connectivity index (χ4n) is 1.62. The number of rotatable bonds is 4. The molecular formula is C14H14N2O2S. The summed E-state index contributed by atoms with van der Waals surface area (Å²) in [6.45, 7) is 0.405. The van der Waals surface area contributed by atoms with Gasteiger partial charge < -0.3 is 10.3 Å². The Morgan fingerprint density at radius 1 is 1.26 bits per heavy atom. The van der Waals surface area contributed by atoms with Crippen molar-refractivity contribution in [3.8, 4) is 0 Å². The number of aromatic amines is 1. The minimum absolute atomic E-state index is 0.128. The van der Waals surface area contributed by atoms with Gasteiger partial charge in [-0.3, -0.25) is 9.59 Å². The molecule has 1 aromatic heterocycles. The predicted molar refractivity (Wildman–Crippen MR) is 76.5 cm³/mol. The molecule has 0 aliphatic heterocycles. The first-order valence-corrected chi connectivity index (χ1v) is 7.02. The highest BCUT2D eigenvalue weighted by Crippen LogP contribution is 2.14. The molecule has 1 amide bonds. The van der Waals surface area contributed by atoms with Crippen LogP contribution in [0.25, 0.3) is 0 Å². The maximum atomic E-state index is 11.8. The lowest BCUT2D eigenvalue weighted by atomic mass is 10.2. The Kier molecular flexibility index (Phi) is 4.41. The molecule has 19 heavy (non-hydrogen) atoms. The second-order valence-corrected chi connectivity index (χ2v) is 4.82. The molecule has 0 radical (unpaired) electrons. The van der Waals surface area contributed by atoms with E-state index in [2.05, 4.69) is 10.3 Å². The fraction of sp³-hybridized carbons (Fsp3) is 0.143. The molecule has 4 nitrogen and oxygen atoms in total.